The van der Waals surface area contributed by atoms with Crippen LogP contribution in [0.25, 0.3) is 0 Å². The van der Waals surface area contributed by atoms with Crippen LogP contribution < -0.4 is 0 Å². The molecule has 0 aromatic heterocycles. The molecule has 0 saturated heterocycles. The van der Waals surface area contributed by atoms with Gasteiger partial charge in [0.05, 0.1) is 46.8 Å². The number of hydrogen-bond donors (Lipinski definition) is 2. The van der Waals surface area contributed by atoms with Crippen molar-refractivity contribution in [3.63, 3.8) is 0 Å². The Labute approximate surface area is 128 Å². The molecule has 21 heavy (non-hydrogen) atoms. The van der Waals surface area contributed by atoms with Gasteiger partial charge in [0.2, 0.25) is 0 Å². The highest BCUT2D eigenvalue weighted by atomic mass is 16.5. The van der Waals surface area contributed by atoms with E-state index in [2.05, 4.69) is 4.74 Å². The Hall–Kier alpha value is -0.730. The molecule has 7 heteroatoms. The quantitative estimate of drug-likeness (QED) is 0.451. The lowest BCUT2D eigenvalue weighted by molar-refractivity contribution is -0.140. The van der Waals surface area contributed by atoms with E-state index in [0.717, 1.165) is 13.2 Å². The largest absolute Gasteiger partial charge is 0.469 e. The summed E-state index contributed by atoms with van der Waals surface area (Å²) in [6, 6.07) is 0. The molecule has 0 heterocycles. The first-order chi connectivity index (χ1) is 10.1. The highest BCUT2D eigenvalue weighted by Crippen LogP contribution is 1.77. The van der Waals surface area contributed by atoms with Crippen LogP contribution in [0.15, 0.2) is 0 Å². The summed E-state index contributed by atoms with van der Waals surface area (Å²) in [6.45, 7) is 9.15. The SMILES string of the molecule is CCC(=O)OC.CCOCC.OCCOCCOCCO. The maximum Gasteiger partial charge on any atom is 0.305 e. The predicted molar refractivity (Wildman–Crippen MR) is 80.3 cm³/mol. The molecule has 0 aliphatic rings. The molecule has 7 nitrogen and oxygen atoms in total. The Morgan fingerprint density at radius 3 is 1.38 bits per heavy atom. The summed E-state index contributed by atoms with van der Waals surface area (Å²) in [6.07, 6.45) is 0.469. The van der Waals surface area contributed by atoms with Crippen molar-refractivity contribution < 1.29 is 34.0 Å². The van der Waals surface area contributed by atoms with Gasteiger partial charge in [-0.1, -0.05) is 6.92 Å². The standard InChI is InChI=1S/C6H14O4.C4H8O2.C4H10O/c7-1-3-9-5-6-10-4-2-8;1-3-4(5)6-2;1-3-5-4-2/h7-8H,1-6H2;3H2,1-2H3;3-4H2,1-2H3. The van der Waals surface area contributed by atoms with Crippen LogP contribution in [0.4, 0.5) is 0 Å². The molecule has 0 radical (unpaired) electrons. The van der Waals surface area contributed by atoms with E-state index in [1.165, 1.54) is 7.11 Å². The number of carbonyl (C=O) groups excluding carboxylic acids is 1. The van der Waals surface area contributed by atoms with Crippen molar-refractivity contribution in [2.24, 2.45) is 0 Å². The summed E-state index contributed by atoms with van der Waals surface area (Å²) in [5.74, 6) is -0.157. The maximum absolute atomic E-state index is 9.96. The van der Waals surface area contributed by atoms with Gasteiger partial charge in [0.15, 0.2) is 0 Å². The van der Waals surface area contributed by atoms with Crippen LogP contribution in [0.1, 0.15) is 27.2 Å². The molecule has 0 aliphatic carbocycles. The molecule has 0 rings (SSSR count). The fraction of sp³-hybridized carbons (Fsp3) is 0.929. The van der Waals surface area contributed by atoms with Gasteiger partial charge in [-0.15, -0.1) is 0 Å². The second-order valence-corrected chi connectivity index (χ2v) is 3.38. The lowest BCUT2D eigenvalue weighted by Gasteiger charge is -2.01. The maximum atomic E-state index is 9.96. The minimum atomic E-state index is -0.157. The van der Waals surface area contributed by atoms with Gasteiger partial charge in [-0.05, 0) is 13.8 Å². The van der Waals surface area contributed by atoms with Gasteiger partial charge < -0.3 is 29.2 Å². The van der Waals surface area contributed by atoms with Crippen molar-refractivity contribution in [2.45, 2.75) is 27.2 Å². The molecular formula is C14H32O7. The minimum absolute atomic E-state index is 0.0417. The Bertz CT molecular complexity index is 161. The van der Waals surface area contributed by atoms with E-state index in [9.17, 15) is 4.79 Å². The summed E-state index contributed by atoms with van der Waals surface area (Å²) in [5, 5.41) is 16.5. The van der Waals surface area contributed by atoms with Gasteiger partial charge in [-0.25, -0.2) is 0 Å². The molecule has 0 unspecified atom stereocenters. The molecule has 0 aromatic carbocycles. The highest BCUT2D eigenvalue weighted by Gasteiger charge is 1.87. The van der Waals surface area contributed by atoms with Crippen molar-refractivity contribution in [1.82, 2.24) is 0 Å². The summed E-state index contributed by atoms with van der Waals surface area (Å²) in [4.78, 5) is 9.96. The average Bonchev–Trinajstić information content (AvgIpc) is 2.52. The Kier molecular flexibility index (Phi) is 33.2. The molecule has 0 spiro atoms. The third-order valence-corrected chi connectivity index (χ3v) is 1.77. The van der Waals surface area contributed by atoms with E-state index < -0.39 is 0 Å². The monoisotopic (exact) mass is 312 g/mol. The first-order valence-electron chi connectivity index (χ1n) is 7.16. The first-order valence-corrected chi connectivity index (χ1v) is 7.16. The minimum Gasteiger partial charge on any atom is -0.469 e. The number of hydrogen-bond acceptors (Lipinski definition) is 7. The molecular weight excluding hydrogens is 280 g/mol. The van der Waals surface area contributed by atoms with Gasteiger partial charge in [0.1, 0.15) is 0 Å². The Balaban J connectivity index is -0.000000252. The van der Waals surface area contributed by atoms with Crippen LogP contribution in [0, 0.1) is 0 Å². The van der Waals surface area contributed by atoms with Crippen LogP contribution in [-0.4, -0.2) is 76.1 Å². The molecule has 0 fully saturated rings. The van der Waals surface area contributed by atoms with Crippen LogP contribution in [0.3, 0.4) is 0 Å². The van der Waals surface area contributed by atoms with Crippen molar-refractivity contribution in [2.75, 3.05) is 60.0 Å². The third-order valence-electron chi connectivity index (χ3n) is 1.77. The van der Waals surface area contributed by atoms with Crippen molar-refractivity contribution in [3.8, 4) is 0 Å². The van der Waals surface area contributed by atoms with E-state index in [-0.39, 0.29) is 19.2 Å². The number of esters is 1. The van der Waals surface area contributed by atoms with Gasteiger partial charge in [0.25, 0.3) is 0 Å². The summed E-state index contributed by atoms with van der Waals surface area (Å²) < 4.78 is 18.8. The molecule has 130 valence electrons. The molecule has 0 bridgehead atoms. The number of aliphatic hydroxyl groups excluding tert-OH is 2. The normalized spacial score (nSPS) is 9.05. The third kappa shape index (κ3) is 38.2. The van der Waals surface area contributed by atoms with Crippen molar-refractivity contribution >= 4 is 5.97 Å². The first kappa shape index (κ1) is 25.2. The fourth-order valence-corrected chi connectivity index (χ4v) is 0.800. The van der Waals surface area contributed by atoms with E-state index >= 15 is 0 Å². The van der Waals surface area contributed by atoms with Crippen LogP contribution >= 0.6 is 0 Å². The number of carbonyl (C=O) groups is 1. The smallest absolute Gasteiger partial charge is 0.305 e. The van der Waals surface area contributed by atoms with Gasteiger partial charge >= 0.3 is 5.97 Å². The second kappa shape index (κ2) is 27.6. The fourth-order valence-electron chi connectivity index (χ4n) is 0.800. The zero-order chi connectivity index (χ0) is 16.8. The average molecular weight is 312 g/mol. The van der Waals surface area contributed by atoms with E-state index in [0.29, 0.717) is 32.8 Å². The van der Waals surface area contributed by atoms with Gasteiger partial charge in [0, 0.05) is 19.6 Å². The van der Waals surface area contributed by atoms with E-state index in [1.807, 2.05) is 13.8 Å². The molecule has 0 aromatic rings. The summed E-state index contributed by atoms with van der Waals surface area (Å²) in [7, 11) is 1.38. The van der Waals surface area contributed by atoms with E-state index in [1.54, 1.807) is 6.92 Å². The molecule has 0 atom stereocenters. The number of rotatable bonds is 10. The van der Waals surface area contributed by atoms with Crippen LogP contribution in [0.2, 0.25) is 0 Å². The summed E-state index contributed by atoms with van der Waals surface area (Å²) in [5.41, 5.74) is 0. The number of aliphatic hydroxyl groups is 2. The zero-order valence-electron chi connectivity index (χ0n) is 13.8. The van der Waals surface area contributed by atoms with Gasteiger partial charge in [-0.3, -0.25) is 4.79 Å². The van der Waals surface area contributed by atoms with Crippen LogP contribution in [0.5, 0.6) is 0 Å². The number of ether oxygens (including phenoxy) is 4. The van der Waals surface area contributed by atoms with E-state index in [4.69, 9.17) is 24.4 Å². The lowest BCUT2D eigenvalue weighted by atomic mass is 10.5. The predicted octanol–water partition coefficient (Wildman–Crippen LogP) is 0.616. The van der Waals surface area contributed by atoms with Crippen LogP contribution in [-0.2, 0) is 23.7 Å². The molecule has 0 amide bonds. The van der Waals surface area contributed by atoms with Crippen molar-refractivity contribution in [3.05, 3.63) is 0 Å². The zero-order valence-corrected chi connectivity index (χ0v) is 13.8. The molecule has 0 saturated carbocycles. The second-order valence-electron chi connectivity index (χ2n) is 3.38. The molecule has 0 aliphatic heterocycles. The lowest BCUT2D eigenvalue weighted by Crippen LogP contribution is -2.09. The van der Waals surface area contributed by atoms with Gasteiger partial charge in [-0.2, -0.15) is 0 Å². The Morgan fingerprint density at radius 2 is 1.24 bits per heavy atom. The topological polar surface area (TPSA) is 94.5 Å². The molecule has 2 N–H and O–H groups in total. The Morgan fingerprint density at radius 1 is 0.810 bits per heavy atom. The number of methoxy groups -OCH3 is 1. The van der Waals surface area contributed by atoms with Crippen molar-refractivity contribution in [1.29, 1.82) is 0 Å². The highest BCUT2D eigenvalue weighted by molar-refractivity contribution is 5.68. The summed E-state index contributed by atoms with van der Waals surface area (Å²) >= 11 is 0.